The van der Waals surface area contributed by atoms with Crippen molar-refractivity contribution in [3.63, 3.8) is 0 Å². The third-order valence-corrected chi connectivity index (χ3v) is 7.69. The second-order valence-corrected chi connectivity index (χ2v) is 10.0. The molecule has 1 aromatic heterocycles. The topological polar surface area (TPSA) is 84.3 Å². The van der Waals surface area contributed by atoms with E-state index in [1.165, 1.54) is 17.1 Å². The number of nitrogens with one attached hydrogen (secondary N) is 1. The number of hydrogen-bond acceptors (Lipinski definition) is 4. The number of rotatable bonds is 4. The fourth-order valence-electron chi connectivity index (χ4n) is 4.24. The average Bonchev–Trinajstić information content (AvgIpc) is 3.36. The number of anilines is 2. The minimum atomic E-state index is -3.29. The Hall–Kier alpha value is -3.13. The van der Waals surface area contributed by atoms with E-state index in [2.05, 4.69) is 16.1 Å². The average molecular weight is 437 g/mol. The van der Waals surface area contributed by atoms with Gasteiger partial charge in [0.05, 0.1) is 17.1 Å². The summed E-state index contributed by atoms with van der Waals surface area (Å²) in [7, 11) is -3.29. The highest BCUT2D eigenvalue weighted by Gasteiger charge is 2.28. The molecule has 1 amide bonds. The van der Waals surface area contributed by atoms with Gasteiger partial charge in [0.15, 0.2) is 0 Å². The van der Waals surface area contributed by atoms with Gasteiger partial charge in [-0.1, -0.05) is 18.2 Å². The standard InChI is InChI=1S/C23H24N4O3S/c28-23(18-7-4-9-20(15-18)27-12-5-13-31(27,29)30)24-19-8-3-6-17(14-19)21-16-26-11-2-1-10-22(26)25-21/h3-4,6-9,14-16H,1-2,5,10-13H2,(H,24,28). The Bertz CT molecular complexity index is 1230. The molecular weight excluding hydrogens is 412 g/mol. The molecule has 0 saturated carbocycles. The van der Waals surface area contributed by atoms with Gasteiger partial charge < -0.3 is 9.88 Å². The lowest BCUT2D eigenvalue weighted by molar-refractivity contribution is 0.102. The Morgan fingerprint density at radius 3 is 2.68 bits per heavy atom. The van der Waals surface area contributed by atoms with Gasteiger partial charge in [-0.05, 0) is 49.6 Å². The van der Waals surface area contributed by atoms with Gasteiger partial charge in [0.2, 0.25) is 10.0 Å². The number of imidazole rings is 1. The molecule has 3 aromatic rings. The zero-order valence-electron chi connectivity index (χ0n) is 17.1. The second-order valence-electron chi connectivity index (χ2n) is 8.02. The number of aromatic nitrogens is 2. The molecule has 1 saturated heterocycles. The van der Waals surface area contributed by atoms with E-state index in [1.54, 1.807) is 24.3 Å². The number of aryl methyl sites for hydroxylation is 2. The molecule has 0 unspecified atom stereocenters. The van der Waals surface area contributed by atoms with Crippen LogP contribution in [0.25, 0.3) is 11.3 Å². The van der Waals surface area contributed by atoms with Crippen molar-refractivity contribution >= 4 is 27.3 Å². The first-order valence-corrected chi connectivity index (χ1v) is 12.2. The number of benzene rings is 2. The molecule has 160 valence electrons. The molecule has 0 atom stereocenters. The van der Waals surface area contributed by atoms with Crippen LogP contribution in [0.15, 0.2) is 54.7 Å². The highest BCUT2D eigenvalue weighted by molar-refractivity contribution is 7.93. The van der Waals surface area contributed by atoms with Gasteiger partial charge in [-0.2, -0.15) is 0 Å². The van der Waals surface area contributed by atoms with Crippen molar-refractivity contribution < 1.29 is 13.2 Å². The third kappa shape index (κ3) is 3.95. The SMILES string of the molecule is O=C(Nc1cccc(-c2cn3c(n2)CCCC3)c1)c1cccc(N2CCCS2(=O)=O)c1. The number of nitrogens with zero attached hydrogens (tertiary/aromatic N) is 3. The summed E-state index contributed by atoms with van der Waals surface area (Å²) in [4.78, 5) is 17.6. The maximum Gasteiger partial charge on any atom is 0.255 e. The largest absolute Gasteiger partial charge is 0.334 e. The Kier molecular flexibility index (Phi) is 5.02. The van der Waals surface area contributed by atoms with Gasteiger partial charge in [0.1, 0.15) is 5.82 Å². The van der Waals surface area contributed by atoms with Gasteiger partial charge in [-0.15, -0.1) is 0 Å². The summed E-state index contributed by atoms with van der Waals surface area (Å²) < 4.78 is 28.0. The van der Waals surface area contributed by atoms with Crippen LogP contribution in [-0.2, 0) is 23.0 Å². The van der Waals surface area contributed by atoms with Crippen LogP contribution in [0, 0.1) is 0 Å². The second kappa shape index (κ2) is 7.85. The van der Waals surface area contributed by atoms with E-state index in [1.807, 2.05) is 24.3 Å². The molecule has 3 heterocycles. The smallest absolute Gasteiger partial charge is 0.255 e. The molecule has 0 aliphatic carbocycles. The highest BCUT2D eigenvalue weighted by atomic mass is 32.2. The number of amides is 1. The number of carbonyl (C=O) groups excluding carboxylic acids is 1. The van der Waals surface area contributed by atoms with E-state index >= 15 is 0 Å². The predicted molar refractivity (Wildman–Crippen MR) is 121 cm³/mol. The Balaban J connectivity index is 1.36. The van der Waals surface area contributed by atoms with Crippen LogP contribution in [0.4, 0.5) is 11.4 Å². The van der Waals surface area contributed by atoms with Gasteiger partial charge in [0.25, 0.3) is 5.91 Å². The fourth-order valence-corrected chi connectivity index (χ4v) is 5.80. The van der Waals surface area contributed by atoms with Gasteiger partial charge in [0, 0.05) is 42.5 Å². The van der Waals surface area contributed by atoms with Crippen molar-refractivity contribution in [1.82, 2.24) is 9.55 Å². The lowest BCUT2D eigenvalue weighted by Crippen LogP contribution is -2.25. The van der Waals surface area contributed by atoms with Crippen LogP contribution >= 0.6 is 0 Å². The molecule has 2 aliphatic rings. The van der Waals surface area contributed by atoms with Crippen molar-refractivity contribution in [2.24, 2.45) is 0 Å². The maximum atomic E-state index is 12.9. The van der Waals surface area contributed by atoms with Crippen LogP contribution in [0.5, 0.6) is 0 Å². The fraction of sp³-hybridized carbons (Fsp3) is 0.304. The maximum absolute atomic E-state index is 12.9. The summed E-state index contributed by atoms with van der Waals surface area (Å²) in [5.74, 6) is 0.984. The lowest BCUT2D eigenvalue weighted by Gasteiger charge is -2.17. The van der Waals surface area contributed by atoms with Crippen molar-refractivity contribution in [3.8, 4) is 11.3 Å². The zero-order valence-corrected chi connectivity index (χ0v) is 17.9. The summed E-state index contributed by atoms with van der Waals surface area (Å²) in [5.41, 5.74) is 3.49. The molecule has 8 heteroatoms. The third-order valence-electron chi connectivity index (χ3n) is 5.82. The molecule has 31 heavy (non-hydrogen) atoms. The molecule has 1 fully saturated rings. The molecule has 0 spiro atoms. The number of fused-ring (bicyclic) bond motifs is 1. The Morgan fingerprint density at radius 1 is 1.00 bits per heavy atom. The first kappa shape index (κ1) is 19.8. The molecule has 1 N–H and O–H groups in total. The van der Waals surface area contributed by atoms with Gasteiger partial charge in [-0.25, -0.2) is 13.4 Å². The quantitative estimate of drug-likeness (QED) is 0.676. The van der Waals surface area contributed by atoms with Gasteiger partial charge >= 0.3 is 0 Å². The molecule has 2 aromatic carbocycles. The van der Waals surface area contributed by atoms with Crippen LogP contribution in [0.3, 0.4) is 0 Å². The van der Waals surface area contributed by atoms with Crippen molar-refractivity contribution in [2.45, 2.75) is 32.2 Å². The summed E-state index contributed by atoms with van der Waals surface area (Å²) >= 11 is 0. The number of hydrogen-bond donors (Lipinski definition) is 1. The minimum absolute atomic E-state index is 0.147. The molecular formula is C23H24N4O3S. The molecule has 5 rings (SSSR count). The van der Waals surface area contributed by atoms with E-state index in [9.17, 15) is 13.2 Å². The monoisotopic (exact) mass is 436 g/mol. The molecule has 7 nitrogen and oxygen atoms in total. The highest BCUT2D eigenvalue weighted by Crippen LogP contribution is 2.27. The van der Waals surface area contributed by atoms with E-state index in [4.69, 9.17) is 4.98 Å². The van der Waals surface area contributed by atoms with Crippen molar-refractivity contribution in [1.29, 1.82) is 0 Å². The molecule has 2 aliphatic heterocycles. The van der Waals surface area contributed by atoms with E-state index in [0.717, 1.165) is 30.0 Å². The summed E-state index contributed by atoms with van der Waals surface area (Å²) in [6.07, 6.45) is 6.03. The van der Waals surface area contributed by atoms with Crippen LogP contribution in [-0.4, -0.2) is 36.2 Å². The summed E-state index contributed by atoms with van der Waals surface area (Å²) in [5, 5.41) is 2.93. The molecule has 0 bridgehead atoms. The summed E-state index contributed by atoms with van der Waals surface area (Å²) in [6.45, 7) is 1.45. The van der Waals surface area contributed by atoms with Crippen LogP contribution in [0.1, 0.15) is 35.4 Å². The summed E-state index contributed by atoms with van der Waals surface area (Å²) in [6, 6.07) is 14.4. The number of sulfonamides is 1. The van der Waals surface area contributed by atoms with Crippen molar-refractivity contribution in [2.75, 3.05) is 21.9 Å². The number of carbonyl (C=O) groups is 1. The van der Waals surface area contributed by atoms with Crippen LogP contribution in [0.2, 0.25) is 0 Å². The van der Waals surface area contributed by atoms with E-state index < -0.39 is 10.0 Å². The lowest BCUT2D eigenvalue weighted by atomic mass is 10.1. The van der Waals surface area contributed by atoms with Gasteiger partial charge in [-0.3, -0.25) is 9.10 Å². The predicted octanol–water partition coefficient (Wildman–Crippen LogP) is 3.68. The normalized spacial score (nSPS) is 17.4. The van der Waals surface area contributed by atoms with E-state index in [-0.39, 0.29) is 11.7 Å². The first-order valence-electron chi connectivity index (χ1n) is 10.6. The van der Waals surface area contributed by atoms with Crippen LogP contribution < -0.4 is 9.62 Å². The molecule has 0 radical (unpaired) electrons. The Morgan fingerprint density at radius 2 is 1.87 bits per heavy atom. The zero-order chi connectivity index (χ0) is 21.4. The minimum Gasteiger partial charge on any atom is -0.334 e. The van der Waals surface area contributed by atoms with E-state index in [0.29, 0.717) is 29.9 Å². The van der Waals surface area contributed by atoms with Crippen molar-refractivity contribution in [3.05, 3.63) is 66.1 Å². The first-order chi connectivity index (χ1) is 15.0. The Labute approximate surface area is 181 Å².